The lowest BCUT2D eigenvalue weighted by molar-refractivity contribution is 0.320. The molecule has 1 aliphatic rings. The summed E-state index contributed by atoms with van der Waals surface area (Å²) in [5, 5.41) is 0. The van der Waals surface area contributed by atoms with Crippen LogP contribution in [0, 0.1) is 12.8 Å². The summed E-state index contributed by atoms with van der Waals surface area (Å²) in [5.74, 6) is 3.46. The highest BCUT2D eigenvalue weighted by atomic mass is 19.1. The minimum absolute atomic E-state index is 0.288. The molecule has 4 aromatic rings. The van der Waals surface area contributed by atoms with Crippen molar-refractivity contribution in [3.63, 3.8) is 0 Å². The van der Waals surface area contributed by atoms with Gasteiger partial charge in [-0.15, -0.1) is 0 Å². The van der Waals surface area contributed by atoms with Gasteiger partial charge in [-0.1, -0.05) is 37.3 Å². The Bertz CT molecular complexity index is 1280. The standard InChI is InChI=1S/C29H31FN4O2/c1-20-16-25(34(19-20)29-31-14-12-24(18-30)32-29)17-22-8-10-26(11-9-22)35-15-13-27-21(2)36-28(33-27)23-6-4-3-5-7-23/h3-12,14,20,25H,13,15-19H2,1-2H3/t20-,25+/m0/s1. The molecule has 2 atom stereocenters. The Hall–Kier alpha value is -3.74. The average molecular weight is 487 g/mol. The summed E-state index contributed by atoms with van der Waals surface area (Å²) >= 11 is 0. The Balaban J connectivity index is 1.17. The Labute approximate surface area is 211 Å². The molecule has 1 saturated heterocycles. The van der Waals surface area contributed by atoms with E-state index in [2.05, 4.69) is 38.9 Å². The number of nitrogens with zero attached hydrogens (tertiary/aromatic N) is 4. The van der Waals surface area contributed by atoms with Gasteiger partial charge >= 0.3 is 0 Å². The van der Waals surface area contributed by atoms with E-state index >= 15 is 0 Å². The van der Waals surface area contributed by atoms with Crippen molar-refractivity contribution in [1.29, 1.82) is 0 Å². The van der Waals surface area contributed by atoms with Crippen LogP contribution in [0.1, 0.15) is 36.1 Å². The number of hydrogen-bond acceptors (Lipinski definition) is 6. The Morgan fingerprint density at radius 1 is 1.06 bits per heavy atom. The van der Waals surface area contributed by atoms with Crippen molar-refractivity contribution in [3.05, 3.63) is 89.6 Å². The maximum absolute atomic E-state index is 13.1. The molecule has 0 spiro atoms. The lowest BCUT2D eigenvalue weighted by Crippen LogP contribution is -2.32. The van der Waals surface area contributed by atoms with Gasteiger partial charge in [0.25, 0.3) is 0 Å². The van der Waals surface area contributed by atoms with Crippen LogP contribution in [0.5, 0.6) is 5.75 Å². The molecule has 1 aliphatic heterocycles. The highest BCUT2D eigenvalue weighted by Gasteiger charge is 2.31. The monoisotopic (exact) mass is 486 g/mol. The van der Waals surface area contributed by atoms with Crippen LogP contribution < -0.4 is 9.64 Å². The molecular weight excluding hydrogens is 455 g/mol. The summed E-state index contributed by atoms with van der Waals surface area (Å²) in [6.45, 7) is 5.01. The third-order valence-corrected chi connectivity index (χ3v) is 6.63. The summed E-state index contributed by atoms with van der Waals surface area (Å²) in [6, 6.07) is 20.1. The fraction of sp³-hybridized carbons (Fsp3) is 0.345. The SMILES string of the molecule is Cc1oc(-c2ccccc2)nc1CCOc1ccc(C[C@H]2C[C@H](C)CN2c2nccc(CF)n2)cc1. The number of aromatic nitrogens is 3. The van der Waals surface area contributed by atoms with Gasteiger partial charge < -0.3 is 14.1 Å². The van der Waals surface area contributed by atoms with E-state index in [0.717, 1.165) is 42.2 Å². The molecule has 2 aromatic carbocycles. The molecule has 0 aliphatic carbocycles. The second-order valence-corrected chi connectivity index (χ2v) is 9.46. The fourth-order valence-electron chi connectivity index (χ4n) is 4.81. The molecular formula is C29H31FN4O2. The van der Waals surface area contributed by atoms with Gasteiger partial charge in [0.05, 0.1) is 18.0 Å². The van der Waals surface area contributed by atoms with Crippen molar-refractivity contribution in [2.24, 2.45) is 5.92 Å². The first-order valence-electron chi connectivity index (χ1n) is 12.5. The highest BCUT2D eigenvalue weighted by Crippen LogP contribution is 2.29. The summed E-state index contributed by atoms with van der Waals surface area (Å²) < 4.78 is 24.9. The normalized spacial score (nSPS) is 17.5. The molecule has 0 amide bonds. The van der Waals surface area contributed by atoms with E-state index in [4.69, 9.17) is 9.15 Å². The molecule has 36 heavy (non-hydrogen) atoms. The van der Waals surface area contributed by atoms with Crippen LogP contribution in [0.3, 0.4) is 0 Å². The highest BCUT2D eigenvalue weighted by molar-refractivity contribution is 5.53. The zero-order valence-corrected chi connectivity index (χ0v) is 20.7. The first-order valence-corrected chi connectivity index (χ1v) is 12.5. The topological polar surface area (TPSA) is 64.3 Å². The third-order valence-electron chi connectivity index (χ3n) is 6.63. The quantitative estimate of drug-likeness (QED) is 0.290. The number of rotatable bonds is 9. The van der Waals surface area contributed by atoms with Crippen LogP contribution in [0.25, 0.3) is 11.5 Å². The molecule has 0 N–H and O–H groups in total. The Morgan fingerprint density at radius 3 is 2.64 bits per heavy atom. The predicted octanol–water partition coefficient (Wildman–Crippen LogP) is 5.99. The molecule has 186 valence electrons. The molecule has 5 rings (SSSR count). The first-order chi connectivity index (χ1) is 17.6. The van der Waals surface area contributed by atoms with Gasteiger partial charge in [-0.05, 0) is 61.6 Å². The van der Waals surface area contributed by atoms with Gasteiger partial charge in [-0.2, -0.15) is 0 Å². The fourth-order valence-corrected chi connectivity index (χ4v) is 4.81. The van der Waals surface area contributed by atoms with E-state index in [0.29, 0.717) is 36.5 Å². The zero-order valence-electron chi connectivity index (χ0n) is 20.7. The van der Waals surface area contributed by atoms with Crippen LogP contribution in [-0.2, 0) is 19.5 Å². The van der Waals surface area contributed by atoms with Gasteiger partial charge in [0.1, 0.15) is 18.2 Å². The van der Waals surface area contributed by atoms with Crippen LogP contribution in [0.4, 0.5) is 10.3 Å². The summed E-state index contributed by atoms with van der Waals surface area (Å²) in [6.07, 6.45) is 4.26. The molecule has 0 saturated carbocycles. The molecule has 3 heterocycles. The number of ether oxygens (including phenoxy) is 1. The molecule has 1 fully saturated rings. The van der Waals surface area contributed by atoms with Crippen LogP contribution in [0.2, 0.25) is 0 Å². The largest absolute Gasteiger partial charge is 0.493 e. The third kappa shape index (κ3) is 5.56. The number of aryl methyl sites for hydroxylation is 1. The maximum Gasteiger partial charge on any atom is 0.226 e. The maximum atomic E-state index is 13.1. The summed E-state index contributed by atoms with van der Waals surface area (Å²) in [4.78, 5) is 15.7. The zero-order chi connectivity index (χ0) is 24.9. The second-order valence-electron chi connectivity index (χ2n) is 9.46. The molecule has 0 unspecified atom stereocenters. The van der Waals surface area contributed by atoms with Gasteiger partial charge in [-0.25, -0.2) is 19.3 Å². The summed E-state index contributed by atoms with van der Waals surface area (Å²) in [5.41, 5.74) is 3.55. The minimum Gasteiger partial charge on any atom is -0.493 e. The van der Waals surface area contributed by atoms with Crippen LogP contribution in [0.15, 0.2) is 71.3 Å². The van der Waals surface area contributed by atoms with Gasteiger partial charge in [0, 0.05) is 30.8 Å². The van der Waals surface area contributed by atoms with E-state index in [1.54, 1.807) is 12.3 Å². The molecule has 6 nitrogen and oxygen atoms in total. The predicted molar refractivity (Wildman–Crippen MR) is 138 cm³/mol. The van der Waals surface area contributed by atoms with Gasteiger partial charge in [-0.3, -0.25) is 0 Å². The van der Waals surface area contributed by atoms with Gasteiger partial charge in [0.15, 0.2) is 0 Å². The number of anilines is 1. The first kappa shape index (κ1) is 24.0. The lowest BCUT2D eigenvalue weighted by atomic mass is 10.0. The van der Waals surface area contributed by atoms with Crippen molar-refractivity contribution in [2.45, 2.75) is 45.8 Å². The Kier molecular flexibility index (Phi) is 7.26. The molecule has 7 heteroatoms. The van der Waals surface area contributed by atoms with Crippen molar-refractivity contribution >= 4 is 5.95 Å². The molecule has 0 radical (unpaired) electrons. The minimum atomic E-state index is -0.574. The number of alkyl halides is 1. The van der Waals surface area contributed by atoms with E-state index in [9.17, 15) is 4.39 Å². The average Bonchev–Trinajstić information content (AvgIpc) is 3.47. The number of benzene rings is 2. The smallest absolute Gasteiger partial charge is 0.226 e. The Morgan fingerprint density at radius 2 is 1.86 bits per heavy atom. The van der Waals surface area contributed by atoms with E-state index in [-0.39, 0.29) is 6.04 Å². The number of halogens is 1. The van der Waals surface area contributed by atoms with Gasteiger partial charge in [0.2, 0.25) is 11.8 Å². The lowest BCUT2D eigenvalue weighted by Gasteiger charge is -2.25. The number of oxazole rings is 1. The van der Waals surface area contributed by atoms with E-state index < -0.39 is 6.67 Å². The summed E-state index contributed by atoms with van der Waals surface area (Å²) in [7, 11) is 0. The van der Waals surface area contributed by atoms with Crippen LogP contribution >= 0.6 is 0 Å². The molecule has 0 bridgehead atoms. The van der Waals surface area contributed by atoms with E-state index in [1.165, 1.54) is 5.56 Å². The van der Waals surface area contributed by atoms with E-state index in [1.807, 2.05) is 49.4 Å². The number of hydrogen-bond donors (Lipinski definition) is 0. The van der Waals surface area contributed by atoms with Crippen molar-refractivity contribution in [3.8, 4) is 17.2 Å². The van der Waals surface area contributed by atoms with Crippen LogP contribution in [-0.4, -0.2) is 34.1 Å². The van der Waals surface area contributed by atoms with Crippen molar-refractivity contribution in [2.75, 3.05) is 18.1 Å². The molecule has 2 aromatic heterocycles. The second kappa shape index (κ2) is 10.9. The van der Waals surface area contributed by atoms with Crippen molar-refractivity contribution < 1.29 is 13.5 Å². The van der Waals surface area contributed by atoms with Crippen molar-refractivity contribution in [1.82, 2.24) is 15.0 Å².